The Kier molecular flexibility index (Phi) is 6.89. The number of aromatic nitrogens is 2. The highest BCUT2D eigenvalue weighted by molar-refractivity contribution is 6.32. The van der Waals surface area contributed by atoms with Crippen molar-refractivity contribution in [3.05, 3.63) is 63.9 Å². The first-order valence-corrected chi connectivity index (χ1v) is 11.1. The SMILES string of the molecule is COc1cc(OC)c(NC(=O)c2cnn(-c3ccccc3Cl)c2C2CCNCC2)cc1Cl. The summed E-state index contributed by atoms with van der Waals surface area (Å²) >= 11 is 12.7. The van der Waals surface area contributed by atoms with Crippen LogP contribution < -0.4 is 20.1 Å². The topological polar surface area (TPSA) is 77.4 Å². The number of amides is 1. The second-order valence-electron chi connectivity index (χ2n) is 7.47. The minimum Gasteiger partial charge on any atom is -0.495 e. The fourth-order valence-corrected chi connectivity index (χ4v) is 4.44. The third kappa shape index (κ3) is 4.41. The van der Waals surface area contributed by atoms with Crippen LogP contribution in [0.4, 0.5) is 5.69 Å². The van der Waals surface area contributed by atoms with Crippen LogP contribution in [-0.2, 0) is 0 Å². The van der Waals surface area contributed by atoms with Crippen molar-refractivity contribution in [3.63, 3.8) is 0 Å². The average molecular weight is 475 g/mol. The number of ether oxygens (including phenoxy) is 2. The van der Waals surface area contributed by atoms with Crippen LogP contribution in [0.1, 0.15) is 34.8 Å². The Hall–Kier alpha value is -2.74. The highest BCUT2D eigenvalue weighted by Gasteiger charge is 2.28. The normalized spacial score (nSPS) is 14.2. The monoisotopic (exact) mass is 474 g/mol. The largest absolute Gasteiger partial charge is 0.495 e. The van der Waals surface area contributed by atoms with E-state index in [-0.39, 0.29) is 11.8 Å². The molecule has 0 saturated carbocycles. The van der Waals surface area contributed by atoms with E-state index in [2.05, 4.69) is 15.7 Å². The molecule has 0 bridgehead atoms. The zero-order chi connectivity index (χ0) is 22.7. The Morgan fingerprint density at radius 1 is 1.09 bits per heavy atom. The lowest BCUT2D eigenvalue weighted by Gasteiger charge is -2.25. The van der Waals surface area contributed by atoms with Crippen molar-refractivity contribution in [1.29, 1.82) is 0 Å². The fourth-order valence-electron chi connectivity index (χ4n) is 3.98. The van der Waals surface area contributed by atoms with Gasteiger partial charge in [-0.15, -0.1) is 0 Å². The highest BCUT2D eigenvalue weighted by Crippen LogP contribution is 2.37. The Morgan fingerprint density at radius 3 is 2.50 bits per heavy atom. The standard InChI is InChI=1S/C23H24Cl2N4O3/c1-31-20-12-21(32-2)18(11-17(20)25)28-23(30)15-13-27-29(19-6-4-3-5-16(19)24)22(15)14-7-9-26-10-8-14/h3-6,11-14,26H,7-10H2,1-2H3,(H,28,30). The van der Waals surface area contributed by atoms with Gasteiger partial charge in [-0.05, 0) is 44.1 Å². The smallest absolute Gasteiger partial charge is 0.259 e. The van der Waals surface area contributed by atoms with E-state index >= 15 is 0 Å². The van der Waals surface area contributed by atoms with Crippen molar-refractivity contribution in [2.75, 3.05) is 32.6 Å². The molecule has 1 aromatic heterocycles. The molecule has 1 aliphatic heterocycles. The molecular weight excluding hydrogens is 451 g/mol. The number of carbonyl (C=O) groups excluding carboxylic acids is 1. The molecule has 1 saturated heterocycles. The van der Waals surface area contributed by atoms with Crippen molar-refractivity contribution >= 4 is 34.8 Å². The number of halogens is 2. The van der Waals surface area contributed by atoms with Crippen LogP contribution >= 0.6 is 23.2 Å². The van der Waals surface area contributed by atoms with E-state index in [1.54, 1.807) is 23.0 Å². The quantitative estimate of drug-likeness (QED) is 0.530. The van der Waals surface area contributed by atoms with Gasteiger partial charge >= 0.3 is 0 Å². The first-order chi connectivity index (χ1) is 15.5. The lowest BCUT2D eigenvalue weighted by molar-refractivity contribution is 0.102. The second-order valence-corrected chi connectivity index (χ2v) is 8.29. The maximum atomic E-state index is 13.4. The molecule has 0 radical (unpaired) electrons. The number of carbonyl (C=O) groups is 1. The van der Waals surface area contributed by atoms with Gasteiger partial charge in [0, 0.05) is 12.0 Å². The lowest BCUT2D eigenvalue weighted by Crippen LogP contribution is -2.29. The number of nitrogens with one attached hydrogen (secondary N) is 2. The molecule has 0 unspecified atom stereocenters. The number of anilines is 1. The summed E-state index contributed by atoms with van der Waals surface area (Å²) in [5, 5.41) is 11.8. The zero-order valence-corrected chi connectivity index (χ0v) is 19.3. The van der Waals surface area contributed by atoms with Gasteiger partial charge in [0.1, 0.15) is 11.5 Å². The summed E-state index contributed by atoms with van der Waals surface area (Å²) in [7, 11) is 3.04. The molecule has 7 nitrogen and oxygen atoms in total. The second kappa shape index (κ2) is 9.81. The molecule has 2 heterocycles. The van der Waals surface area contributed by atoms with Gasteiger partial charge < -0.3 is 20.1 Å². The Bertz CT molecular complexity index is 1130. The molecule has 1 fully saturated rings. The molecule has 2 N–H and O–H groups in total. The van der Waals surface area contributed by atoms with Crippen molar-refractivity contribution in [2.45, 2.75) is 18.8 Å². The van der Waals surface area contributed by atoms with Gasteiger partial charge in [0.05, 0.1) is 53.1 Å². The van der Waals surface area contributed by atoms with Crippen molar-refractivity contribution in [1.82, 2.24) is 15.1 Å². The van der Waals surface area contributed by atoms with E-state index in [1.165, 1.54) is 14.2 Å². The number of rotatable bonds is 6. The number of methoxy groups -OCH3 is 2. The number of benzene rings is 2. The summed E-state index contributed by atoms with van der Waals surface area (Å²) in [6, 6.07) is 10.7. The summed E-state index contributed by atoms with van der Waals surface area (Å²) in [5.74, 6) is 0.776. The number of para-hydroxylation sites is 1. The molecule has 168 valence electrons. The summed E-state index contributed by atoms with van der Waals surface area (Å²) < 4.78 is 12.4. The highest BCUT2D eigenvalue weighted by atomic mass is 35.5. The molecule has 3 aromatic rings. The zero-order valence-electron chi connectivity index (χ0n) is 17.8. The molecule has 0 spiro atoms. The van der Waals surface area contributed by atoms with Crippen molar-refractivity contribution in [2.24, 2.45) is 0 Å². The third-order valence-electron chi connectivity index (χ3n) is 5.58. The van der Waals surface area contributed by atoms with Crippen LogP contribution in [0.2, 0.25) is 10.0 Å². The summed E-state index contributed by atoms with van der Waals surface area (Å²) in [5.41, 5.74) is 2.53. The maximum Gasteiger partial charge on any atom is 0.259 e. The maximum absolute atomic E-state index is 13.4. The first-order valence-electron chi connectivity index (χ1n) is 10.3. The van der Waals surface area contributed by atoms with Crippen LogP contribution in [0.3, 0.4) is 0 Å². The first kappa shape index (κ1) is 22.5. The lowest BCUT2D eigenvalue weighted by atomic mass is 9.91. The van der Waals surface area contributed by atoms with E-state index in [9.17, 15) is 4.79 Å². The predicted molar refractivity (Wildman–Crippen MR) is 126 cm³/mol. The van der Waals surface area contributed by atoms with E-state index in [4.69, 9.17) is 32.7 Å². The van der Waals surface area contributed by atoms with Crippen LogP contribution in [0.25, 0.3) is 5.69 Å². The number of piperidine rings is 1. The van der Waals surface area contributed by atoms with E-state index in [0.717, 1.165) is 37.3 Å². The number of hydrogen-bond acceptors (Lipinski definition) is 5. The van der Waals surface area contributed by atoms with E-state index in [1.807, 2.05) is 24.3 Å². The molecule has 0 aliphatic carbocycles. The number of nitrogens with zero attached hydrogens (tertiary/aromatic N) is 2. The molecule has 0 atom stereocenters. The Morgan fingerprint density at radius 2 is 1.81 bits per heavy atom. The minimum atomic E-state index is -0.295. The van der Waals surface area contributed by atoms with Crippen molar-refractivity contribution in [3.8, 4) is 17.2 Å². The molecule has 32 heavy (non-hydrogen) atoms. The van der Waals surface area contributed by atoms with Crippen molar-refractivity contribution < 1.29 is 14.3 Å². The summed E-state index contributed by atoms with van der Waals surface area (Å²) in [6.45, 7) is 1.75. The number of hydrogen-bond donors (Lipinski definition) is 2. The molecular formula is C23H24Cl2N4O3. The van der Waals surface area contributed by atoms with E-state index < -0.39 is 0 Å². The Labute approximate surface area is 196 Å². The third-order valence-corrected chi connectivity index (χ3v) is 6.19. The van der Waals surface area contributed by atoms with Gasteiger partial charge in [0.15, 0.2) is 0 Å². The van der Waals surface area contributed by atoms with Gasteiger partial charge in [-0.2, -0.15) is 5.10 Å². The molecule has 1 aliphatic rings. The minimum absolute atomic E-state index is 0.164. The van der Waals surface area contributed by atoms with Crippen LogP contribution in [0.5, 0.6) is 11.5 Å². The molecule has 1 amide bonds. The fraction of sp³-hybridized carbons (Fsp3) is 0.304. The van der Waals surface area contributed by atoms with Gasteiger partial charge in [-0.3, -0.25) is 4.79 Å². The van der Waals surface area contributed by atoms with Gasteiger partial charge in [0.2, 0.25) is 0 Å². The summed E-state index contributed by atoms with van der Waals surface area (Å²) in [6.07, 6.45) is 3.38. The van der Waals surface area contributed by atoms with Gasteiger partial charge in [0.25, 0.3) is 5.91 Å². The van der Waals surface area contributed by atoms with Crippen LogP contribution in [0.15, 0.2) is 42.6 Å². The average Bonchev–Trinajstić information content (AvgIpc) is 3.25. The van der Waals surface area contributed by atoms with Crippen LogP contribution in [0, 0.1) is 0 Å². The van der Waals surface area contributed by atoms with Gasteiger partial charge in [-0.25, -0.2) is 4.68 Å². The Balaban J connectivity index is 1.74. The summed E-state index contributed by atoms with van der Waals surface area (Å²) in [4.78, 5) is 13.4. The van der Waals surface area contributed by atoms with E-state index in [0.29, 0.717) is 32.8 Å². The van der Waals surface area contributed by atoms with Crippen LogP contribution in [-0.4, -0.2) is 43.0 Å². The predicted octanol–water partition coefficient (Wildman–Crippen LogP) is 4.92. The molecule has 9 heteroatoms. The molecule has 2 aromatic carbocycles. The van der Waals surface area contributed by atoms with Gasteiger partial charge in [-0.1, -0.05) is 35.3 Å². The molecule has 4 rings (SSSR count).